The van der Waals surface area contributed by atoms with Crippen molar-refractivity contribution in [2.24, 2.45) is 11.8 Å². The average molecular weight is 597 g/mol. The molecule has 0 aliphatic heterocycles. The summed E-state index contributed by atoms with van der Waals surface area (Å²) >= 11 is 0. The molecular weight excluding hydrogens is 544 g/mol. The molecule has 0 radical (unpaired) electrons. The van der Waals surface area contributed by atoms with Crippen LogP contribution in [0.2, 0.25) is 0 Å². The maximum absolute atomic E-state index is 13.0. The van der Waals surface area contributed by atoms with Crippen molar-refractivity contribution in [3.8, 4) is 0 Å². The van der Waals surface area contributed by atoms with Crippen molar-refractivity contribution in [1.82, 2.24) is 0 Å². The first-order valence-electron chi connectivity index (χ1n) is 17.3. The van der Waals surface area contributed by atoms with Gasteiger partial charge in [-0.3, -0.25) is 0 Å². The largest absolute Gasteiger partial charge is 0.459 e. The fourth-order valence-electron chi connectivity index (χ4n) is 7.10. The third kappa shape index (κ3) is 9.52. The summed E-state index contributed by atoms with van der Waals surface area (Å²) in [5.74, 6) is 2.68. The molecule has 0 bridgehead atoms. The number of unbranched alkanes of at least 4 members (excludes halogenated alkanes) is 2. The Bertz CT molecular complexity index is 1240. The Balaban J connectivity index is 1.09. The Morgan fingerprint density at radius 2 is 1.36 bits per heavy atom. The van der Waals surface area contributed by atoms with Crippen LogP contribution in [0.1, 0.15) is 141 Å². The van der Waals surface area contributed by atoms with Crippen LogP contribution in [-0.2, 0) is 21.1 Å². The molecule has 5 rings (SSSR count). The summed E-state index contributed by atoms with van der Waals surface area (Å²) in [4.78, 5) is 24.5. The van der Waals surface area contributed by atoms with Crippen LogP contribution in [0.3, 0.4) is 0 Å². The fourth-order valence-corrected chi connectivity index (χ4v) is 7.10. The molecular formula is C40H52O4. The van der Waals surface area contributed by atoms with E-state index in [9.17, 15) is 4.79 Å². The molecule has 2 aliphatic carbocycles. The number of carbonyl (C=O) groups excluding carboxylic acids is 1. The number of hydrogen-bond donors (Lipinski definition) is 0. The second-order valence-electron chi connectivity index (χ2n) is 13.4. The summed E-state index contributed by atoms with van der Waals surface area (Å²) < 4.78 is 5.74. The SMILES string of the molecule is CCCCCC1CCC(c2ccc(C(=O)OCC(OOCc3ccc(C4CCC(C)CC4)cc3)c3ccccc3)cc2)CC1. The number of benzene rings is 3. The minimum absolute atomic E-state index is 0.0751. The van der Waals surface area contributed by atoms with E-state index in [1.165, 1.54) is 88.2 Å². The summed E-state index contributed by atoms with van der Waals surface area (Å²) in [5, 5.41) is 0. The molecule has 0 heterocycles. The molecule has 4 nitrogen and oxygen atoms in total. The van der Waals surface area contributed by atoms with Crippen LogP contribution in [0.5, 0.6) is 0 Å². The lowest BCUT2D eigenvalue weighted by Gasteiger charge is -2.29. The number of hydrogen-bond acceptors (Lipinski definition) is 4. The van der Waals surface area contributed by atoms with E-state index >= 15 is 0 Å². The van der Waals surface area contributed by atoms with Crippen LogP contribution in [-0.4, -0.2) is 12.6 Å². The van der Waals surface area contributed by atoms with E-state index in [0.717, 1.165) is 23.0 Å². The van der Waals surface area contributed by atoms with Crippen molar-refractivity contribution in [2.75, 3.05) is 6.61 Å². The smallest absolute Gasteiger partial charge is 0.338 e. The van der Waals surface area contributed by atoms with Crippen molar-refractivity contribution in [1.29, 1.82) is 0 Å². The summed E-state index contributed by atoms with van der Waals surface area (Å²) in [7, 11) is 0. The van der Waals surface area contributed by atoms with Gasteiger partial charge in [-0.15, -0.1) is 0 Å². The molecule has 2 aliphatic rings. The Hall–Kier alpha value is -2.95. The van der Waals surface area contributed by atoms with Gasteiger partial charge in [0.2, 0.25) is 0 Å². The monoisotopic (exact) mass is 596 g/mol. The number of carbonyl (C=O) groups is 1. The molecule has 0 amide bonds. The third-order valence-corrected chi connectivity index (χ3v) is 10.1. The molecule has 2 fully saturated rings. The second kappa shape index (κ2) is 16.9. The van der Waals surface area contributed by atoms with E-state index in [2.05, 4.69) is 50.2 Å². The molecule has 1 atom stereocenters. The van der Waals surface area contributed by atoms with Gasteiger partial charge < -0.3 is 4.74 Å². The summed E-state index contributed by atoms with van der Waals surface area (Å²) in [6, 6.07) is 26.6. The van der Waals surface area contributed by atoms with Crippen LogP contribution < -0.4 is 0 Å². The molecule has 1 unspecified atom stereocenters. The second-order valence-corrected chi connectivity index (χ2v) is 13.4. The fraction of sp³-hybridized carbons (Fsp3) is 0.525. The Kier molecular flexibility index (Phi) is 12.5. The lowest BCUT2D eigenvalue weighted by molar-refractivity contribution is -0.340. The highest BCUT2D eigenvalue weighted by Crippen LogP contribution is 2.38. The molecule has 44 heavy (non-hydrogen) atoms. The van der Waals surface area contributed by atoms with Crippen molar-refractivity contribution >= 4 is 5.97 Å². The zero-order valence-electron chi connectivity index (χ0n) is 26.9. The zero-order valence-corrected chi connectivity index (χ0v) is 26.9. The Labute approximate surface area is 265 Å². The maximum Gasteiger partial charge on any atom is 0.338 e. The van der Waals surface area contributed by atoms with E-state index < -0.39 is 6.10 Å². The van der Waals surface area contributed by atoms with Crippen LogP contribution in [0.25, 0.3) is 0 Å². The molecule has 4 heteroatoms. The van der Waals surface area contributed by atoms with Gasteiger partial charge >= 0.3 is 5.97 Å². The summed E-state index contributed by atoms with van der Waals surface area (Å²) in [5.41, 5.74) is 5.31. The highest BCUT2D eigenvalue weighted by Gasteiger charge is 2.23. The van der Waals surface area contributed by atoms with Crippen LogP contribution >= 0.6 is 0 Å². The first kappa shape index (κ1) is 32.4. The first-order valence-corrected chi connectivity index (χ1v) is 17.3. The van der Waals surface area contributed by atoms with Gasteiger partial charge in [0.25, 0.3) is 0 Å². The van der Waals surface area contributed by atoms with Gasteiger partial charge in [-0.25, -0.2) is 14.6 Å². The molecule has 236 valence electrons. The van der Waals surface area contributed by atoms with E-state index in [1.807, 2.05) is 42.5 Å². The Morgan fingerprint density at radius 1 is 0.750 bits per heavy atom. The molecule has 3 aromatic rings. The van der Waals surface area contributed by atoms with Gasteiger partial charge in [0.1, 0.15) is 13.2 Å². The minimum atomic E-state index is -0.518. The number of ether oxygens (including phenoxy) is 1. The normalized spacial score (nSPS) is 22.8. The van der Waals surface area contributed by atoms with Crippen LogP contribution in [0.4, 0.5) is 0 Å². The quantitative estimate of drug-likeness (QED) is 0.0804. The van der Waals surface area contributed by atoms with E-state index in [0.29, 0.717) is 24.0 Å². The van der Waals surface area contributed by atoms with Gasteiger partial charge in [0, 0.05) is 0 Å². The number of esters is 1. The first-order chi connectivity index (χ1) is 21.6. The predicted octanol–water partition coefficient (Wildman–Crippen LogP) is 10.9. The highest BCUT2D eigenvalue weighted by molar-refractivity contribution is 5.89. The predicted molar refractivity (Wildman–Crippen MR) is 177 cm³/mol. The van der Waals surface area contributed by atoms with E-state index in [4.69, 9.17) is 14.5 Å². The summed E-state index contributed by atoms with van der Waals surface area (Å²) in [6.45, 7) is 5.05. The van der Waals surface area contributed by atoms with E-state index in [1.54, 1.807) is 0 Å². The molecule has 0 spiro atoms. The summed E-state index contributed by atoms with van der Waals surface area (Å²) in [6.07, 6.45) is 15.2. The highest BCUT2D eigenvalue weighted by atomic mass is 17.2. The third-order valence-electron chi connectivity index (χ3n) is 10.1. The van der Waals surface area contributed by atoms with Crippen molar-refractivity contribution in [3.05, 3.63) is 107 Å². The lowest BCUT2D eigenvalue weighted by Crippen LogP contribution is -2.16. The molecule has 2 saturated carbocycles. The number of rotatable bonds is 14. The van der Waals surface area contributed by atoms with Crippen molar-refractivity contribution < 1.29 is 19.3 Å². The van der Waals surface area contributed by atoms with E-state index in [-0.39, 0.29) is 12.6 Å². The van der Waals surface area contributed by atoms with Gasteiger partial charge in [-0.05, 0) is 96.6 Å². The zero-order chi connectivity index (χ0) is 30.6. The standard InChI is InChI=1S/C40H52O4/c1-3-4-6-9-31-14-20-34(21-15-31)36-24-26-38(27-25-36)40(41)42-29-39(37-10-7-5-8-11-37)44-43-28-32-16-22-35(23-17-32)33-18-12-30(2)13-19-33/h5,7-8,10-11,16-17,22-27,30-31,33-34,39H,3-4,6,9,12-15,18-21,28-29H2,1-2H3. The van der Waals surface area contributed by atoms with Gasteiger partial charge in [0.15, 0.2) is 6.10 Å². The maximum atomic E-state index is 13.0. The Morgan fingerprint density at radius 3 is 2.00 bits per heavy atom. The lowest BCUT2D eigenvalue weighted by atomic mass is 9.77. The van der Waals surface area contributed by atoms with Crippen LogP contribution in [0, 0.1) is 11.8 Å². The van der Waals surface area contributed by atoms with Crippen LogP contribution in [0.15, 0.2) is 78.9 Å². The topological polar surface area (TPSA) is 44.8 Å². The minimum Gasteiger partial charge on any atom is -0.459 e. The van der Waals surface area contributed by atoms with Gasteiger partial charge in [0.05, 0.1) is 5.56 Å². The van der Waals surface area contributed by atoms with Crippen molar-refractivity contribution in [2.45, 2.75) is 115 Å². The van der Waals surface area contributed by atoms with Gasteiger partial charge in [-0.2, -0.15) is 0 Å². The van der Waals surface area contributed by atoms with Crippen molar-refractivity contribution in [3.63, 3.8) is 0 Å². The molecule has 0 saturated heterocycles. The average Bonchev–Trinajstić information content (AvgIpc) is 3.08. The molecule has 3 aromatic carbocycles. The molecule has 0 N–H and O–H groups in total. The van der Waals surface area contributed by atoms with Gasteiger partial charge in [-0.1, -0.05) is 119 Å². The molecule has 0 aromatic heterocycles.